The number of ether oxygens (including phenoxy) is 2. The lowest BCUT2D eigenvalue weighted by molar-refractivity contribution is -0.149. The van der Waals surface area contributed by atoms with Crippen LogP contribution in [0.2, 0.25) is 0 Å². The number of hydrogen-bond acceptors (Lipinski definition) is 4. The molecule has 0 aromatic heterocycles. The minimum Gasteiger partial charge on any atom is -0.444 e. The van der Waals surface area contributed by atoms with Gasteiger partial charge in [0, 0.05) is 6.54 Å². The van der Waals surface area contributed by atoms with Crippen LogP contribution in [-0.4, -0.2) is 47.8 Å². The van der Waals surface area contributed by atoms with Gasteiger partial charge in [0.2, 0.25) is 0 Å². The number of carbonyl (C=O) groups excluding carboxylic acids is 2. The molecule has 4 rings (SSSR count). The molecule has 7 heteroatoms. The largest absolute Gasteiger partial charge is 0.444 e. The highest BCUT2D eigenvalue weighted by Crippen LogP contribution is 2.36. The van der Waals surface area contributed by atoms with Crippen LogP contribution in [0.1, 0.15) is 56.3 Å². The number of fused-ring (bicyclic) bond motifs is 1. The molecule has 6 nitrogen and oxygen atoms in total. The van der Waals surface area contributed by atoms with Crippen molar-refractivity contribution in [2.75, 3.05) is 13.2 Å². The Kier molecular flexibility index (Phi) is 6.70. The van der Waals surface area contributed by atoms with Crippen LogP contribution in [0.25, 0.3) is 0 Å². The number of nitrogens with zero attached hydrogens (tertiary/aromatic N) is 1. The molecule has 1 saturated heterocycles. The van der Waals surface area contributed by atoms with Crippen molar-refractivity contribution in [3.8, 4) is 0 Å². The highest BCUT2D eigenvalue weighted by molar-refractivity contribution is 5.82. The van der Waals surface area contributed by atoms with Gasteiger partial charge in [-0.1, -0.05) is 36.4 Å². The maximum Gasteiger partial charge on any atom is 0.407 e. The van der Waals surface area contributed by atoms with E-state index in [1.165, 1.54) is 17.7 Å². The standard InChI is InChI=1S/C26H31FN2O4/c1-26(2,3)33-25(31)28-20-12-13-22(32-16-20)24(30)29-15-14-17-6-4-5-7-21(17)23(29)18-8-10-19(27)11-9-18/h4-11,20,22-23H,12-16H2,1-3H3,(H,28,31)/t20?,22-,23-/m0/s1. The zero-order valence-corrected chi connectivity index (χ0v) is 19.3. The summed E-state index contributed by atoms with van der Waals surface area (Å²) in [4.78, 5) is 27.4. The molecule has 0 radical (unpaired) electrons. The van der Waals surface area contributed by atoms with Crippen molar-refractivity contribution in [2.24, 2.45) is 0 Å². The van der Waals surface area contributed by atoms with E-state index in [4.69, 9.17) is 9.47 Å². The number of halogens is 1. The third-order valence-electron chi connectivity index (χ3n) is 6.02. The third kappa shape index (κ3) is 5.53. The first-order valence-electron chi connectivity index (χ1n) is 11.5. The Balaban J connectivity index is 1.46. The van der Waals surface area contributed by atoms with Crippen LogP contribution in [0.5, 0.6) is 0 Å². The van der Waals surface area contributed by atoms with Gasteiger partial charge in [-0.3, -0.25) is 4.79 Å². The van der Waals surface area contributed by atoms with Gasteiger partial charge in [0.05, 0.1) is 18.7 Å². The summed E-state index contributed by atoms with van der Waals surface area (Å²) >= 11 is 0. The van der Waals surface area contributed by atoms with E-state index >= 15 is 0 Å². The summed E-state index contributed by atoms with van der Waals surface area (Å²) in [6.07, 6.45) is 0.837. The van der Waals surface area contributed by atoms with Crippen LogP contribution in [-0.2, 0) is 20.7 Å². The van der Waals surface area contributed by atoms with Crippen LogP contribution < -0.4 is 5.32 Å². The second kappa shape index (κ2) is 9.51. The van der Waals surface area contributed by atoms with Crippen LogP contribution >= 0.6 is 0 Å². The van der Waals surface area contributed by atoms with E-state index in [1.807, 2.05) is 43.9 Å². The minimum atomic E-state index is -0.574. The summed E-state index contributed by atoms with van der Waals surface area (Å²) < 4.78 is 24.8. The number of amides is 2. The Labute approximate surface area is 194 Å². The predicted octanol–water partition coefficient (Wildman–Crippen LogP) is 4.37. The zero-order valence-electron chi connectivity index (χ0n) is 19.3. The highest BCUT2D eigenvalue weighted by Gasteiger charge is 2.37. The van der Waals surface area contributed by atoms with E-state index in [2.05, 4.69) is 11.4 Å². The molecule has 1 unspecified atom stereocenters. The van der Waals surface area contributed by atoms with E-state index in [9.17, 15) is 14.0 Å². The number of alkyl carbamates (subject to hydrolysis) is 1. The normalized spacial score (nSPS) is 22.9. The van der Waals surface area contributed by atoms with Gasteiger partial charge in [0.25, 0.3) is 5.91 Å². The third-order valence-corrected chi connectivity index (χ3v) is 6.02. The molecule has 1 N–H and O–H groups in total. The van der Waals surface area contributed by atoms with Crippen LogP contribution in [0.4, 0.5) is 9.18 Å². The Morgan fingerprint density at radius 2 is 1.82 bits per heavy atom. The molecule has 176 valence electrons. The number of nitrogens with one attached hydrogen (secondary N) is 1. The fraction of sp³-hybridized carbons (Fsp3) is 0.462. The average Bonchev–Trinajstić information content (AvgIpc) is 2.78. The van der Waals surface area contributed by atoms with Gasteiger partial charge in [-0.15, -0.1) is 0 Å². The maximum absolute atomic E-state index is 13.6. The summed E-state index contributed by atoms with van der Waals surface area (Å²) in [5.74, 6) is -0.380. The summed E-state index contributed by atoms with van der Waals surface area (Å²) in [6.45, 7) is 6.26. The summed E-state index contributed by atoms with van der Waals surface area (Å²) in [6, 6.07) is 13.9. The van der Waals surface area contributed by atoms with Crippen molar-refractivity contribution in [3.63, 3.8) is 0 Å². The van der Waals surface area contributed by atoms with E-state index in [0.717, 1.165) is 17.5 Å². The molecular weight excluding hydrogens is 423 g/mol. The first kappa shape index (κ1) is 23.2. The van der Waals surface area contributed by atoms with Crippen molar-refractivity contribution >= 4 is 12.0 Å². The zero-order chi connectivity index (χ0) is 23.6. The van der Waals surface area contributed by atoms with E-state index in [1.54, 1.807) is 12.1 Å². The molecule has 2 amide bonds. The Hall–Kier alpha value is -2.93. The second-order valence-electron chi connectivity index (χ2n) is 9.68. The molecule has 0 saturated carbocycles. The quantitative estimate of drug-likeness (QED) is 0.748. The van der Waals surface area contributed by atoms with Crippen molar-refractivity contribution in [1.82, 2.24) is 10.2 Å². The van der Waals surface area contributed by atoms with Crippen molar-refractivity contribution < 1.29 is 23.5 Å². The number of benzene rings is 2. The Morgan fingerprint density at radius 1 is 1.09 bits per heavy atom. The maximum atomic E-state index is 13.6. The number of hydrogen-bond donors (Lipinski definition) is 1. The molecular formula is C26H31FN2O4. The van der Waals surface area contributed by atoms with Gasteiger partial charge in [-0.2, -0.15) is 0 Å². The lowest BCUT2D eigenvalue weighted by atomic mass is 9.87. The van der Waals surface area contributed by atoms with Gasteiger partial charge in [0.1, 0.15) is 17.5 Å². The van der Waals surface area contributed by atoms with Crippen LogP contribution in [0.15, 0.2) is 48.5 Å². The molecule has 0 aliphatic carbocycles. The van der Waals surface area contributed by atoms with Gasteiger partial charge in [-0.05, 0) is 68.9 Å². The van der Waals surface area contributed by atoms with E-state index < -0.39 is 17.8 Å². The highest BCUT2D eigenvalue weighted by atomic mass is 19.1. The molecule has 3 atom stereocenters. The fourth-order valence-corrected chi connectivity index (χ4v) is 4.53. The lowest BCUT2D eigenvalue weighted by Gasteiger charge is -2.40. The lowest BCUT2D eigenvalue weighted by Crippen LogP contribution is -2.51. The monoisotopic (exact) mass is 454 g/mol. The van der Waals surface area contributed by atoms with Gasteiger partial charge in [0.15, 0.2) is 0 Å². The van der Waals surface area contributed by atoms with Crippen molar-refractivity contribution in [3.05, 3.63) is 71.0 Å². The first-order chi connectivity index (χ1) is 15.7. The molecule has 2 aromatic rings. The van der Waals surface area contributed by atoms with Gasteiger partial charge >= 0.3 is 6.09 Å². The SMILES string of the molecule is CC(C)(C)OC(=O)NC1CC[C@@H](C(=O)N2CCc3ccccc3[C@@H]2c2ccc(F)cc2)OC1. The molecule has 0 spiro atoms. The molecule has 2 aromatic carbocycles. The predicted molar refractivity (Wildman–Crippen MR) is 122 cm³/mol. The molecule has 2 aliphatic heterocycles. The molecule has 33 heavy (non-hydrogen) atoms. The van der Waals surface area contributed by atoms with E-state index in [-0.39, 0.29) is 30.4 Å². The van der Waals surface area contributed by atoms with Gasteiger partial charge in [-0.25, -0.2) is 9.18 Å². The molecule has 2 heterocycles. The average molecular weight is 455 g/mol. The molecule has 0 bridgehead atoms. The van der Waals surface area contributed by atoms with Gasteiger partial charge < -0.3 is 19.7 Å². The van der Waals surface area contributed by atoms with Crippen molar-refractivity contribution in [1.29, 1.82) is 0 Å². The fourth-order valence-electron chi connectivity index (χ4n) is 4.53. The van der Waals surface area contributed by atoms with Crippen LogP contribution in [0, 0.1) is 5.82 Å². The van der Waals surface area contributed by atoms with Crippen molar-refractivity contribution in [2.45, 2.75) is 63.8 Å². The second-order valence-corrected chi connectivity index (χ2v) is 9.68. The smallest absolute Gasteiger partial charge is 0.407 e. The summed E-state index contributed by atoms with van der Waals surface area (Å²) in [7, 11) is 0. The number of rotatable bonds is 3. The summed E-state index contributed by atoms with van der Waals surface area (Å²) in [5, 5.41) is 2.82. The minimum absolute atomic E-state index is 0.0745. The molecule has 2 aliphatic rings. The van der Waals surface area contributed by atoms with Crippen LogP contribution in [0.3, 0.4) is 0 Å². The number of carbonyl (C=O) groups is 2. The Bertz CT molecular complexity index is 994. The molecule has 1 fully saturated rings. The van der Waals surface area contributed by atoms with E-state index in [0.29, 0.717) is 19.4 Å². The summed E-state index contributed by atoms with van der Waals surface area (Å²) in [5.41, 5.74) is 2.56. The Morgan fingerprint density at radius 3 is 2.48 bits per heavy atom. The first-order valence-corrected chi connectivity index (χ1v) is 11.5. The topological polar surface area (TPSA) is 67.9 Å².